The second-order valence-corrected chi connectivity index (χ2v) is 4.37. The number of azide groups is 1. The van der Waals surface area contributed by atoms with Crippen LogP contribution in [0.15, 0.2) is 45.9 Å². The summed E-state index contributed by atoms with van der Waals surface area (Å²) in [4.78, 5) is 13.8. The van der Waals surface area contributed by atoms with Crippen LogP contribution in [0.5, 0.6) is 0 Å². The molecular formula is C13H11ClN4O2. The van der Waals surface area contributed by atoms with E-state index in [4.69, 9.17) is 21.5 Å². The number of halogens is 1. The van der Waals surface area contributed by atoms with Gasteiger partial charge in [-0.25, -0.2) is 0 Å². The summed E-state index contributed by atoms with van der Waals surface area (Å²) in [5.41, 5.74) is 9.00. The van der Waals surface area contributed by atoms with E-state index in [1.54, 1.807) is 18.2 Å². The maximum Gasteiger partial charge on any atom is 0.226 e. The molecule has 1 aromatic heterocycles. The summed E-state index contributed by atoms with van der Waals surface area (Å²) in [7, 11) is 0. The molecule has 0 aliphatic rings. The molecule has 0 fully saturated rings. The lowest BCUT2D eigenvalue weighted by Crippen LogP contribution is -2.24. The molecule has 6 nitrogen and oxygen atoms in total. The van der Waals surface area contributed by atoms with Crippen LogP contribution in [-0.4, -0.2) is 12.5 Å². The number of nitrogens with one attached hydrogen (secondary N) is 1. The predicted molar refractivity (Wildman–Crippen MR) is 75.0 cm³/mol. The van der Waals surface area contributed by atoms with E-state index < -0.39 is 0 Å². The van der Waals surface area contributed by atoms with Crippen molar-refractivity contribution < 1.29 is 9.21 Å². The normalized spacial score (nSPS) is 9.85. The van der Waals surface area contributed by atoms with Crippen LogP contribution >= 0.6 is 11.6 Å². The van der Waals surface area contributed by atoms with Crippen molar-refractivity contribution >= 4 is 17.5 Å². The summed E-state index contributed by atoms with van der Waals surface area (Å²) >= 11 is 5.82. The number of rotatable bonds is 5. The SMILES string of the molecule is [N-]=[N+]=NCC(=O)NCc1ccc(-c2ccc(Cl)cc2)o1. The van der Waals surface area contributed by atoms with Crippen molar-refractivity contribution in [1.82, 2.24) is 5.32 Å². The molecule has 0 spiro atoms. The standard InChI is InChI=1S/C13H11ClN4O2/c14-10-3-1-9(2-4-10)12-6-5-11(20-12)7-16-13(19)8-17-18-15/h1-6H,7-8H2,(H,16,19). The Morgan fingerprint density at radius 2 is 2.05 bits per heavy atom. The average Bonchev–Trinajstić information content (AvgIpc) is 2.92. The molecule has 20 heavy (non-hydrogen) atoms. The van der Waals surface area contributed by atoms with E-state index in [1.165, 1.54) is 0 Å². The second-order valence-electron chi connectivity index (χ2n) is 3.94. The zero-order valence-electron chi connectivity index (χ0n) is 10.4. The van der Waals surface area contributed by atoms with Gasteiger partial charge in [-0.05, 0) is 41.9 Å². The molecule has 0 saturated heterocycles. The molecule has 0 saturated carbocycles. The third-order valence-corrected chi connectivity index (χ3v) is 2.78. The molecule has 0 radical (unpaired) electrons. The molecule has 1 aromatic carbocycles. The Morgan fingerprint density at radius 1 is 1.30 bits per heavy atom. The van der Waals surface area contributed by atoms with Crippen molar-refractivity contribution in [3.05, 3.63) is 57.6 Å². The first-order chi connectivity index (χ1) is 9.69. The quantitative estimate of drug-likeness (QED) is 0.518. The molecule has 2 rings (SSSR count). The van der Waals surface area contributed by atoms with E-state index in [0.29, 0.717) is 16.5 Å². The number of hydrogen-bond donors (Lipinski definition) is 1. The fraction of sp³-hybridized carbons (Fsp3) is 0.154. The molecule has 0 aliphatic heterocycles. The molecule has 1 amide bonds. The minimum atomic E-state index is -0.354. The van der Waals surface area contributed by atoms with Crippen LogP contribution in [0.4, 0.5) is 0 Å². The lowest BCUT2D eigenvalue weighted by atomic mass is 10.2. The highest BCUT2D eigenvalue weighted by Crippen LogP contribution is 2.23. The highest BCUT2D eigenvalue weighted by atomic mass is 35.5. The smallest absolute Gasteiger partial charge is 0.226 e. The van der Waals surface area contributed by atoms with Crippen molar-refractivity contribution in [2.45, 2.75) is 6.54 Å². The molecule has 7 heteroatoms. The minimum absolute atomic E-state index is 0.221. The van der Waals surface area contributed by atoms with Crippen LogP contribution in [0.1, 0.15) is 5.76 Å². The van der Waals surface area contributed by atoms with Gasteiger partial charge in [0, 0.05) is 15.5 Å². The Bertz CT molecular complexity index is 645. The number of carbonyl (C=O) groups is 1. The van der Waals surface area contributed by atoms with Crippen LogP contribution in [0, 0.1) is 0 Å². The summed E-state index contributed by atoms with van der Waals surface area (Å²) in [5.74, 6) is 0.956. The largest absolute Gasteiger partial charge is 0.459 e. The Balaban J connectivity index is 1.97. The van der Waals surface area contributed by atoms with Gasteiger partial charge >= 0.3 is 0 Å². The van der Waals surface area contributed by atoms with Crippen molar-refractivity contribution in [1.29, 1.82) is 0 Å². The van der Waals surface area contributed by atoms with Gasteiger partial charge in [-0.3, -0.25) is 4.79 Å². The van der Waals surface area contributed by atoms with E-state index in [2.05, 4.69) is 15.3 Å². The minimum Gasteiger partial charge on any atom is -0.459 e. The first-order valence-electron chi connectivity index (χ1n) is 5.81. The molecule has 0 atom stereocenters. The van der Waals surface area contributed by atoms with E-state index in [0.717, 1.165) is 5.56 Å². The number of hydrogen-bond acceptors (Lipinski definition) is 3. The maximum atomic E-state index is 11.3. The first kappa shape index (κ1) is 14.0. The van der Waals surface area contributed by atoms with E-state index >= 15 is 0 Å². The average molecular weight is 291 g/mol. The summed E-state index contributed by atoms with van der Waals surface area (Å²) < 4.78 is 5.60. The molecule has 0 bridgehead atoms. The third-order valence-electron chi connectivity index (χ3n) is 2.53. The Labute approximate surface area is 120 Å². The van der Waals surface area contributed by atoms with Gasteiger partial charge in [0.1, 0.15) is 18.1 Å². The fourth-order valence-corrected chi connectivity index (χ4v) is 1.71. The molecule has 2 aromatic rings. The van der Waals surface area contributed by atoms with Gasteiger partial charge in [0.2, 0.25) is 5.91 Å². The number of nitrogens with zero attached hydrogens (tertiary/aromatic N) is 3. The fourth-order valence-electron chi connectivity index (χ4n) is 1.58. The molecule has 0 aliphatic carbocycles. The van der Waals surface area contributed by atoms with Gasteiger partial charge in [-0.1, -0.05) is 16.7 Å². The lowest BCUT2D eigenvalue weighted by molar-refractivity contribution is -0.119. The van der Waals surface area contributed by atoms with E-state index in [9.17, 15) is 4.79 Å². The highest BCUT2D eigenvalue weighted by molar-refractivity contribution is 6.30. The van der Waals surface area contributed by atoms with Gasteiger partial charge in [-0.15, -0.1) is 0 Å². The molecule has 1 heterocycles. The van der Waals surface area contributed by atoms with Crippen LogP contribution < -0.4 is 5.32 Å². The summed E-state index contributed by atoms with van der Waals surface area (Å²) in [6.45, 7) is 0.0224. The van der Waals surface area contributed by atoms with Gasteiger partial charge < -0.3 is 9.73 Å². The zero-order valence-corrected chi connectivity index (χ0v) is 11.2. The van der Waals surface area contributed by atoms with E-state index in [1.807, 2.05) is 18.2 Å². The van der Waals surface area contributed by atoms with Crippen LogP contribution in [-0.2, 0) is 11.3 Å². The molecule has 1 N–H and O–H groups in total. The third kappa shape index (κ3) is 3.78. The van der Waals surface area contributed by atoms with Crippen LogP contribution in [0.2, 0.25) is 5.02 Å². The lowest BCUT2D eigenvalue weighted by Gasteiger charge is -2.00. The summed E-state index contributed by atoms with van der Waals surface area (Å²) in [6, 6.07) is 10.9. The monoisotopic (exact) mass is 290 g/mol. The Kier molecular flexibility index (Phi) is 4.65. The maximum absolute atomic E-state index is 11.3. The predicted octanol–water partition coefficient (Wildman–Crippen LogP) is 3.53. The number of benzene rings is 1. The Hall–Kier alpha value is -2.43. The van der Waals surface area contributed by atoms with Crippen LogP contribution in [0.25, 0.3) is 21.8 Å². The van der Waals surface area contributed by atoms with Gasteiger partial charge in [0.25, 0.3) is 0 Å². The Morgan fingerprint density at radius 3 is 2.75 bits per heavy atom. The number of amides is 1. The van der Waals surface area contributed by atoms with Gasteiger partial charge in [0.15, 0.2) is 0 Å². The topological polar surface area (TPSA) is 91.0 Å². The van der Waals surface area contributed by atoms with E-state index in [-0.39, 0.29) is 19.0 Å². The first-order valence-corrected chi connectivity index (χ1v) is 6.19. The molecule has 102 valence electrons. The van der Waals surface area contributed by atoms with Crippen molar-refractivity contribution in [2.75, 3.05) is 6.54 Å². The summed E-state index contributed by atoms with van der Waals surface area (Å²) in [5, 5.41) is 6.42. The number of furan rings is 1. The van der Waals surface area contributed by atoms with Crippen LogP contribution in [0.3, 0.4) is 0 Å². The van der Waals surface area contributed by atoms with Gasteiger partial charge in [-0.2, -0.15) is 0 Å². The van der Waals surface area contributed by atoms with Crippen molar-refractivity contribution in [2.24, 2.45) is 5.11 Å². The highest BCUT2D eigenvalue weighted by Gasteiger charge is 2.06. The zero-order chi connectivity index (χ0) is 14.4. The van der Waals surface area contributed by atoms with Crippen molar-refractivity contribution in [3.8, 4) is 11.3 Å². The summed E-state index contributed by atoms with van der Waals surface area (Å²) in [6.07, 6.45) is 0. The molecular weight excluding hydrogens is 280 g/mol. The molecule has 0 unspecified atom stereocenters. The second kappa shape index (κ2) is 6.65. The van der Waals surface area contributed by atoms with Crippen molar-refractivity contribution in [3.63, 3.8) is 0 Å². The number of carbonyl (C=O) groups excluding carboxylic acids is 1. The van der Waals surface area contributed by atoms with Gasteiger partial charge in [0.05, 0.1) is 6.54 Å².